The summed E-state index contributed by atoms with van der Waals surface area (Å²) in [5, 5.41) is 0. The van der Waals surface area contributed by atoms with Gasteiger partial charge in [0.1, 0.15) is 0 Å². The molecule has 0 amide bonds. The second-order valence-corrected chi connectivity index (χ2v) is 7.45. The molecule has 0 bridgehead atoms. The Hall–Kier alpha value is 0.110. The summed E-state index contributed by atoms with van der Waals surface area (Å²) in [4.78, 5) is 0. The van der Waals surface area contributed by atoms with Gasteiger partial charge in [0.05, 0.1) is 15.7 Å². The molecule has 0 aliphatic heterocycles. The van der Waals surface area contributed by atoms with E-state index in [-0.39, 0.29) is 4.75 Å². The predicted octanol–water partition coefficient (Wildman–Crippen LogP) is 3.79. The van der Waals surface area contributed by atoms with Gasteiger partial charge in [-0.15, -0.1) is 0 Å². The monoisotopic (exact) mass is 247 g/mol. The maximum absolute atomic E-state index is 11.6. The fourth-order valence-corrected chi connectivity index (χ4v) is 2.23. The third kappa shape index (κ3) is 9.34. The standard InChI is InChI=1S/C13H29NOS/c1-5-6-7-8-9-10-11-12-14-16(15)13(2,3)4/h14H,5-12H2,1-4H3. The maximum Gasteiger partial charge on any atom is 0.0970 e. The molecule has 1 atom stereocenters. The summed E-state index contributed by atoms with van der Waals surface area (Å²) in [6, 6.07) is 0. The van der Waals surface area contributed by atoms with E-state index in [1.54, 1.807) is 0 Å². The molecular formula is C13H29NOS. The van der Waals surface area contributed by atoms with E-state index in [0.29, 0.717) is 0 Å². The molecule has 0 fully saturated rings. The second kappa shape index (κ2) is 9.17. The molecule has 0 spiro atoms. The molecule has 2 nitrogen and oxygen atoms in total. The van der Waals surface area contributed by atoms with E-state index < -0.39 is 11.0 Å². The van der Waals surface area contributed by atoms with Crippen LogP contribution in [0, 0.1) is 0 Å². The van der Waals surface area contributed by atoms with Gasteiger partial charge >= 0.3 is 0 Å². The van der Waals surface area contributed by atoms with Crippen molar-refractivity contribution in [3.05, 3.63) is 0 Å². The van der Waals surface area contributed by atoms with Crippen LogP contribution >= 0.6 is 0 Å². The van der Waals surface area contributed by atoms with Crippen molar-refractivity contribution in [3.8, 4) is 0 Å². The smallest absolute Gasteiger partial charge is 0.0970 e. The van der Waals surface area contributed by atoms with Crippen molar-refractivity contribution in [3.63, 3.8) is 0 Å². The van der Waals surface area contributed by atoms with E-state index in [2.05, 4.69) is 11.6 Å². The highest BCUT2D eigenvalue weighted by molar-refractivity contribution is 7.84. The molecule has 0 aromatic carbocycles. The van der Waals surface area contributed by atoms with Crippen LogP contribution in [0.3, 0.4) is 0 Å². The van der Waals surface area contributed by atoms with Gasteiger partial charge in [-0.1, -0.05) is 45.4 Å². The van der Waals surface area contributed by atoms with Crippen molar-refractivity contribution >= 4 is 11.0 Å². The first-order valence-corrected chi connectivity index (χ1v) is 7.79. The van der Waals surface area contributed by atoms with Crippen molar-refractivity contribution in [1.29, 1.82) is 0 Å². The van der Waals surface area contributed by atoms with E-state index in [0.717, 1.165) is 13.0 Å². The Morgan fingerprint density at radius 2 is 1.44 bits per heavy atom. The fourth-order valence-electron chi connectivity index (χ4n) is 1.46. The summed E-state index contributed by atoms with van der Waals surface area (Å²) in [5.74, 6) is 0. The number of hydrogen-bond acceptors (Lipinski definition) is 1. The van der Waals surface area contributed by atoms with Gasteiger partial charge in [0.25, 0.3) is 0 Å². The molecule has 0 heterocycles. The summed E-state index contributed by atoms with van der Waals surface area (Å²) in [7, 11) is -0.898. The summed E-state index contributed by atoms with van der Waals surface area (Å²) in [6.45, 7) is 9.13. The van der Waals surface area contributed by atoms with Gasteiger partial charge in [-0.3, -0.25) is 0 Å². The average molecular weight is 247 g/mol. The third-order valence-corrected chi connectivity index (χ3v) is 4.15. The molecule has 0 radical (unpaired) electrons. The van der Waals surface area contributed by atoms with E-state index in [4.69, 9.17) is 0 Å². The number of rotatable bonds is 9. The zero-order chi connectivity index (χ0) is 12.4. The average Bonchev–Trinajstić information content (AvgIpc) is 2.20. The molecule has 0 rings (SSSR count). The zero-order valence-corrected chi connectivity index (χ0v) is 12.3. The molecule has 1 unspecified atom stereocenters. The molecule has 0 aliphatic rings. The van der Waals surface area contributed by atoms with Crippen molar-refractivity contribution in [2.45, 2.75) is 77.4 Å². The lowest BCUT2D eigenvalue weighted by Crippen LogP contribution is -2.33. The van der Waals surface area contributed by atoms with E-state index >= 15 is 0 Å². The van der Waals surface area contributed by atoms with Gasteiger partial charge in [-0.2, -0.15) is 0 Å². The van der Waals surface area contributed by atoms with E-state index in [9.17, 15) is 4.21 Å². The lowest BCUT2D eigenvalue weighted by atomic mass is 10.1. The molecule has 0 aliphatic carbocycles. The Morgan fingerprint density at radius 1 is 0.938 bits per heavy atom. The molecule has 98 valence electrons. The molecule has 0 aromatic heterocycles. The SMILES string of the molecule is CCCCCCCCCNS(=O)C(C)(C)C. The summed E-state index contributed by atoms with van der Waals surface area (Å²) < 4.78 is 14.6. The van der Waals surface area contributed by atoms with Crippen LogP contribution < -0.4 is 4.72 Å². The minimum absolute atomic E-state index is 0.138. The highest BCUT2D eigenvalue weighted by Crippen LogP contribution is 2.09. The minimum Gasteiger partial charge on any atom is -0.242 e. The lowest BCUT2D eigenvalue weighted by Gasteiger charge is -2.17. The Morgan fingerprint density at radius 3 is 1.94 bits per heavy atom. The first kappa shape index (κ1) is 16.1. The molecule has 0 aromatic rings. The summed E-state index contributed by atoms with van der Waals surface area (Å²) in [5.41, 5.74) is 0. The Balaban J connectivity index is 3.25. The molecule has 0 saturated heterocycles. The number of hydrogen-bond donors (Lipinski definition) is 1. The Bertz CT molecular complexity index is 187. The van der Waals surface area contributed by atoms with Gasteiger partial charge in [0.2, 0.25) is 0 Å². The predicted molar refractivity (Wildman–Crippen MR) is 73.9 cm³/mol. The highest BCUT2D eigenvalue weighted by Gasteiger charge is 2.18. The first-order chi connectivity index (χ1) is 7.48. The Kier molecular flexibility index (Phi) is 9.24. The fraction of sp³-hybridized carbons (Fsp3) is 1.00. The van der Waals surface area contributed by atoms with Crippen LogP contribution in [0.2, 0.25) is 0 Å². The van der Waals surface area contributed by atoms with Crippen LogP contribution in [-0.4, -0.2) is 15.5 Å². The largest absolute Gasteiger partial charge is 0.242 e. The van der Waals surface area contributed by atoms with Gasteiger partial charge in [0.15, 0.2) is 0 Å². The summed E-state index contributed by atoms with van der Waals surface area (Å²) >= 11 is 0. The van der Waals surface area contributed by atoms with Crippen LogP contribution in [0.15, 0.2) is 0 Å². The quantitative estimate of drug-likeness (QED) is 0.617. The van der Waals surface area contributed by atoms with Gasteiger partial charge < -0.3 is 0 Å². The normalized spacial score (nSPS) is 14.0. The topological polar surface area (TPSA) is 29.1 Å². The minimum atomic E-state index is -0.898. The van der Waals surface area contributed by atoms with E-state index in [1.807, 2.05) is 20.8 Å². The third-order valence-electron chi connectivity index (χ3n) is 2.57. The van der Waals surface area contributed by atoms with E-state index in [1.165, 1.54) is 38.5 Å². The van der Waals surface area contributed by atoms with Crippen molar-refractivity contribution in [2.24, 2.45) is 0 Å². The molecule has 1 N–H and O–H groups in total. The molecule has 3 heteroatoms. The van der Waals surface area contributed by atoms with Crippen LogP contribution in [0.25, 0.3) is 0 Å². The Labute approximate surface area is 104 Å². The summed E-state index contributed by atoms with van der Waals surface area (Å²) in [6.07, 6.45) is 9.14. The molecule has 0 saturated carbocycles. The molecule has 16 heavy (non-hydrogen) atoms. The lowest BCUT2D eigenvalue weighted by molar-refractivity contribution is 0.581. The van der Waals surface area contributed by atoms with Crippen molar-refractivity contribution in [2.75, 3.05) is 6.54 Å². The van der Waals surface area contributed by atoms with Crippen molar-refractivity contribution in [1.82, 2.24) is 4.72 Å². The number of nitrogens with one attached hydrogen (secondary N) is 1. The van der Waals surface area contributed by atoms with Crippen molar-refractivity contribution < 1.29 is 4.21 Å². The zero-order valence-electron chi connectivity index (χ0n) is 11.5. The number of unbranched alkanes of at least 4 members (excludes halogenated alkanes) is 6. The highest BCUT2D eigenvalue weighted by atomic mass is 32.2. The van der Waals surface area contributed by atoms with Gasteiger partial charge in [-0.05, 0) is 27.2 Å². The van der Waals surface area contributed by atoms with Crippen LogP contribution in [0.4, 0.5) is 0 Å². The van der Waals surface area contributed by atoms with Gasteiger partial charge in [-0.25, -0.2) is 8.93 Å². The van der Waals surface area contributed by atoms with Gasteiger partial charge in [0, 0.05) is 6.54 Å². The van der Waals surface area contributed by atoms with Crippen LogP contribution in [-0.2, 0) is 11.0 Å². The second-order valence-electron chi connectivity index (χ2n) is 5.40. The maximum atomic E-state index is 11.6. The van der Waals surface area contributed by atoms with Crippen LogP contribution in [0.1, 0.15) is 72.6 Å². The first-order valence-electron chi connectivity index (χ1n) is 6.64. The van der Waals surface area contributed by atoms with Crippen LogP contribution in [0.5, 0.6) is 0 Å². The molecular weight excluding hydrogens is 218 g/mol.